The Bertz CT molecular complexity index is 266. The molecule has 0 bridgehead atoms. The molecular formula is C7H10Cl3N3. The van der Waals surface area contributed by atoms with Gasteiger partial charge in [0.05, 0.1) is 0 Å². The van der Waals surface area contributed by atoms with E-state index in [4.69, 9.17) is 34.8 Å². The lowest BCUT2D eigenvalue weighted by Gasteiger charge is -2.13. The minimum Gasteiger partial charge on any atom is -0.330 e. The third-order valence-electron chi connectivity index (χ3n) is 1.57. The van der Waals surface area contributed by atoms with Crippen molar-refractivity contribution in [1.29, 1.82) is 0 Å². The molecule has 74 valence electrons. The minimum atomic E-state index is -1.45. The molecule has 1 aromatic heterocycles. The lowest BCUT2D eigenvalue weighted by molar-refractivity contribution is 0.620. The standard InChI is InChI=1S/C7H10Cl3N3/c1-11-2-4-13-5-3-12-6(13)7(8,9)10/h3,5,11H,2,4H2,1H3. The van der Waals surface area contributed by atoms with E-state index in [2.05, 4.69) is 10.3 Å². The van der Waals surface area contributed by atoms with Crippen LogP contribution in [-0.2, 0) is 10.3 Å². The summed E-state index contributed by atoms with van der Waals surface area (Å²) in [7, 11) is 1.87. The summed E-state index contributed by atoms with van der Waals surface area (Å²) >= 11 is 17.1. The molecule has 0 spiro atoms. The van der Waals surface area contributed by atoms with E-state index in [1.54, 1.807) is 12.4 Å². The van der Waals surface area contributed by atoms with Crippen molar-refractivity contribution in [1.82, 2.24) is 14.9 Å². The van der Waals surface area contributed by atoms with Crippen LogP contribution in [0.25, 0.3) is 0 Å². The number of hydrogen-bond acceptors (Lipinski definition) is 2. The maximum absolute atomic E-state index is 5.71. The Morgan fingerprint density at radius 3 is 2.77 bits per heavy atom. The quantitative estimate of drug-likeness (QED) is 0.821. The Morgan fingerprint density at radius 1 is 1.54 bits per heavy atom. The normalized spacial score (nSPS) is 12.0. The molecule has 0 saturated heterocycles. The van der Waals surface area contributed by atoms with Crippen LogP contribution < -0.4 is 5.32 Å². The van der Waals surface area contributed by atoms with Crippen molar-refractivity contribution >= 4 is 34.8 Å². The number of imidazole rings is 1. The molecule has 0 aliphatic heterocycles. The van der Waals surface area contributed by atoms with Crippen molar-refractivity contribution in [3.63, 3.8) is 0 Å². The van der Waals surface area contributed by atoms with Crippen molar-refractivity contribution in [3.05, 3.63) is 18.2 Å². The Kier molecular flexibility index (Phi) is 3.86. The molecule has 0 fully saturated rings. The first-order chi connectivity index (χ1) is 6.05. The average molecular weight is 243 g/mol. The van der Waals surface area contributed by atoms with Crippen molar-refractivity contribution in [2.45, 2.75) is 10.3 Å². The van der Waals surface area contributed by atoms with Gasteiger partial charge in [0.15, 0.2) is 5.82 Å². The van der Waals surface area contributed by atoms with Gasteiger partial charge in [-0.15, -0.1) is 0 Å². The third-order valence-corrected chi connectivity index (χ3v) is 2.08. The second-order valence-corrected chi connectivity index (χ2v) is 4.83. The first kappa shape index (κ1) is 11.1. The lowest BCUT2D eigenvalue weighted by atomic mass is 10.5. The van der Waals surface area contributed by atoms with Crippen LogP contribution in [0.3, 0.4) is 0 Å². The fourth-order valence-corrected chi connectivity index (χ4v) is 1.45. The second-order valence-electron chi connectivity index (χ2n) is 2.55. The lowest BCUT2D eigenvalue weighted by Crippen LogP contribution is -2.19. The molecule has 0 amide bonds. The Hall–Kier alpha value is 0.0400. The van der Waals surface area contributed by atoms with E-state index in [0.29, 0.717) is 5.82 Å². The summed E-state index contributed by atoms with van der Waals surface area (Å²) in [4.78, 5) is 3.98. The van der Waals surface area contributed by atoms with E-state index >= 15 is 0 Å². The maximum Gasteiger partial charge on any atom is 0.248 e. The smallest absolute Gasteiger partial charge is 0.248 e. The highest BCUT2D eigenvalue weighted by molar-refractivity contribution is 6.66. The van der Waals surface area contributed by atoms with Crippen LogP contribution in [-0.4, -0.2) is 23.1 Å². The summed E-state index contributed by atoms with van der Waals surface area (Å²) < 4.78 is 0.362. The van der Waals surface area contributed by atoms with Crippen LogP contribution in [0.2, 0.25) is 0 Å². The zero-order valence-electron chi connectivity index (χ0n) is 7.10. The van der Waals surface area contributed by atoms with E-state index < -0.39 is 3.79 Å². The van der Waals surface area contributed by atoms with E-state index in [-0.39, 0.29) is 0 Å². The maximum atomic E-state index is 5.71. The number of nitrogens with one attached hydrogen (secondary N) is 1. The van der Waals surface area contributed by atoms with Gasteiger partial charge in [-0.2, -0.15) is 0 Å². The molecule has 1 heterocycles. The first-order valence-electron chi connectivity index (χ1n) is 3.78. The van der Waals surface area contributed by atoms with E-state index in [0.717, 1.165) is 13.1 Å². The first-order valence-corrected chi connectivity index (χ1v) is 4.92. The predicted octanol–water partition coefficient (Wildman–Crippen LogP) is 1.93. The van der Waals surface area contributed by atoms with Crippen molar-refractivity contribution in [2.24, 2.45) is 0 Å². The van der Waals surface area contributed by atoms with Crippen LogP contribution in [0, 0.1) is 0 Å². The largest absolute Gasteiger partial charge is 0.330 e. The van der Waals surface area contributed by atoms with Crippen LogP contribution in [0.5, 0.6) is 0 Å². The zero-order valence-corrected chi connectivity index (χ0v) is 9.37. The monoisotopic (exact) mass is 241 g/mol. The highest BCUT2D eigenvalue weighted by atomic mass is 35.6. The number of halogens is 3. The molecular weight excluding hydrogens is 232 g/mol. The molecule has 1 aromatic rings. The van der Waals surface area contributed by atoms with E-state index in [1.807, 2.05) is 11.6 Å². The summed E-state index contributed by atoms with van der Waals surface area (Å²) in [6.45, 7) is 1.55. The van der Waals surface area contributed by atoms with Crippen molar-refractivity contribution in [2.75, 3.05) is 13.6 Å². The van der Waals surface area contributed by atoms with Gasteiger partial charge in [0, 0.05) is 25.5 Å². The molecule has 0 aliphatic carbocycles. The van der Waals surface area contributed by atoms with Gasteiger partial charge < -0.3 is 9.88 Å². The number of aromatic nitrogens is 2. The molecule has 13 heavy (non-hydrogen) atoms. The van der Waals surface area contributed by atoms with Crippen LogP contribution in [0.1, 0.15) is 5.82 Å². The number of alkyl halides is 3. The van der Waals surface area contributed by atoms with Crippen LogP contribution in [0.4, 0.5) is 0 Å². The Labute approximate surface area is 92.0 Å². The Morgan fingerprint density at radius 2 is 2.23 bits per heavy atom. The number of likely N-dealkylation sites (N-methyl/N-ethyl adjacent to an activating group) is 1. The summed E-state index contributed by atoms with van der Waals surface area (Å²) in [5.41, 5.74) is 0. The number of rotatable bonds is 3. The van der Waals surface area contributed by atoms with Crippen molar-refractivity contribution in [3.8, 4) is 0 Å². The topological polar surface area (TPSA) is 29.9 Å². The molecule has 0 radical (unpaired) electrons. The van der Waals surface area contributed by atoms with Gasteiger partial charge in [0.25, 0.3) is 0 Å². The summed E-state index contributed by atoms with van der Waals surface area (Å²) in [6.07, 6.45) is 3.40. The van der Waals surface area contributed by atoms with Crippen LogP contribution >= 0.6 is 34.8 Å². The molecule has 1 rings (SSSR count). The van der Waals surface area contributed by atoms with Gasteiger partial charge in [0.2, 0.25) is 3.79 Å². The minimum absolute atomic E-state index is 0.452. The van der Waals surface area contributed by atoms with E-state index in [9.17, 15) is 0 Å². The molecule has 0 unspecified atom stereocenters. The highest BCUT2D eigenvalue weighted by Gasteiger charge is 2.27. The van der Waals surface area contributed by atoms with Gasteiger partial charge in [-0.05, 0) is 7.05 Å². The van der Waals surface area contributed by atoms with E-state index in [1.165, 1.54) is 0 Å². The van der Waals surface area contributed by atoms with Gasteiger partial charge >= 0.3 is 0 Å². The number of hydrogen-bond donors (Lipinski definition) is 1. The SMILES string of the molecule is CNCCn1ccnc1C(Cl)(Cl)Cl. The Balaban J connectivity index is 2.77. The van der Waals surface area contributed by atoms with Gasteiger partial charge in [-0.25, -0.2) is 4.98 Å². The van der Waals surface area contributed by atoms with Crippen molar-refractivity contribution < 1.29 is 0 Å². The summed E-state index contributed by atoms with van der Waals surface area (Å²) in [6, 6.07) is 0. The molecule has 0 aromatic carbocycles. The fourth-order valence-electron chi connectivity index (χ4n) is 0.978. The third kappa shape index (κ3) is 3.02. The molecule has 1 N–H and O–H groups in total. The highest BCUT2D eigenvalue weighted by Crippen LogP contribution is 2.36. The molecule has 6 heteroatoms. The summed E-state index contributed by atoms with van der Waals surface area (Å²) in [5, 5.41) is 3.01. The van der Waals surface area contributed by atoms with Gasteiger partial charge in [-0.3, -0.25) is 0 Å². The number of nitrogens with zero attached hydrogens (tertiary/aromatic N) is 2. The molecule has 0 aliphatic rings. The zero-order chi connectivity index (χ0) is 9.90. The van der Waals surface area contributed by atoms with Crippen LogP contribution in [0.15, 0.2) is 12.4 Å². The summed E-state index contributed by atoms with van der Waals surface area (Å²) in [5.74, 6) is 0.452. The fraction of sp³-hybridized carbons (Fsp3) is 0.571. The molecule has 0 saturated carbocycles. The second kappa shape index (κ2) is 4.51. The predicted molar refractivity (Wildman–Crippen MR) is 55.4 cm³/mol. The van der Waals surface area contributed by atoms with Gasteiger partial charge in [0.1, 0.15) is 0 Å². The average Bonchev–Trinajstić information content (AvgIpc) is 2.47. The molecule has 3 nitrogen and oxygen atoms in total. The molecule has 0 atom stereocenters. The van der Waals surface area contributed by atoms with Gasteiger partial charge in [-0.1, -0.05) is 34.8 Å².